The summed E-state index contributed by atoms with van der Waals surface area (Å²) in [5.41, 5.74) is 9.78. The summed E-state index contributed by atoms with van der Waals surface area (Å²) in [5.74, 6) is -0.365. The quantitative estimate of drug-likeness (QED) is 0.639. The Labute approximate surface area is 132 Å². The van der Waals surface area contributed by atoms with E-state index in [9.17, 15) is 4.79 Å². The highest BCUT2D eigenvalue weighted by atomic mass is 79.9. The molecule has 0 saturated carbocycles. The minimum Gasteiger partial charge on any atom is -0.462 e. The Morgan fingerprint density at radius 2 is 1.95 bits per heavy atom. The molecule has 5 heteroatoms. The lowest BCUT2D eigenvalue weighted by Crippen LogP contribution is -2.06. The van der Waals surface area contributed by atoms with E-state index >= 15 is 0 Å². The number of nitrogens with two attached hydrogens (primary N) is 1. The number of nitrogens with one attached hydrogen (secondary N) is 1. The number of hydrogen-bond acceptors (Lipinski definition) is 4. The van der Waals surface area contributed by atoms with Gasteiger partial charge in [-0.1, -0.05) is 15.9 Å². The number of rotatable bonds is 4. The van der Waals surface area contributed by atoms with Crippen molar-refractivity contribution in [2.75, 3.05) is 17.7 Å². The van der Waals surface area contributed by atoms with Crippen LogP contribution in [0, 0.1) is 6.92 Å². The molecule has 0 aliphatic heterocycles. The van der Waals surface area contributed by atoms with Gasteiger partial charge in [-0.3, -0.25) is 0 Å². The fourth-order valence-electron chi connectivity index (χ4n) is 1.93. The zero-order valence-corrected chi connectivity index (χ0v) is 13.5. The van der Waals surface area contributed by atoms with Crippen LogP contribution in [0.5, 0.6) is 0 Å². The number of benzene rings is 2. The number of anilines is 3. The number of carbonyl (C=O) groups excluding carboxylic acids is 1. The summed E-state index contributed by atoms with van der Waals surface area (Å²) in [4.78, 5) is 11.7. The monoisotopic (exact) mass is 348 g/mol. The van der Waals surface area contributed by atoms with Gasteiger partial charge in [0.1, 0.15) is 0 Å². The summed E-state index contributed by atoms with van der Waals surface area (Å²) in [6, 6.07) is 11.0. The van der Waals surface area contributed by atoms with Crippen molar-refractivity contribution in [3.63, 3.8) is 0 Å². The van der Waals surface area contributed by atoms with E-state index in [0.29, 0.717) is 17.9 Å². The van der Waals surface area contributed by atoms with E-state index in [2.05, 4.69) is 21.2 Å². The van der Waals surface area contributed by atoms with E-state index in [1.54, 1.807) is 25.1 Å². The maximum absolute atomic E-state index is 11.7. The Bertz CT molecular complexity index is 671. The van der Waals surface area contributed by atoms with Crippen LogP contribution in [0.1, 0.15) is 22.8 Å². The zero-order valence-electron chi connectivity index (χ0n) is 11.9. The molecule has 0 bridgehead atoms. The molecule has 0 aliphatic carbocycles. The average molecular weight is 349 g/mol. The predicted molar refractivity (Wildman–Crippen MR) is 89.0 cm³/mol. The third kappa shape index (κ3) is 3.76. The van der Waals surface area contributed by atoms with E-state index in [0.717, 1.165) is 21.4 Å². The van der Waals surface area contributed by atoms with Crippen LogP contribution in [-0.4, -0.2) is 12.6 Å². The molecule has 2 aromatic carbocycles. The summed E-state index contributed by atoms with van der Waals surface area (Å²) in [6.45, 7) is 4.13. The number of esters is 1. The SMILES string of the molecule is CCOC(=O)c1ccc(Nc2ccc(Br)cc2C)c(N)c1. The number of nitrogen functional groups attached to an aromatic ring is 1. The van der Waals surface area contributed by atoms with Gasteiger partial charge in [-0.2, -0.15) is 0 Å². The Morgan fingerprint density at radius 1 is 1.24 bits per heavy atom. The van der Waals surface area contributed by atoms with Crippen molar-refractivity contribution in [2.45, 2.75) is 13.8 Å². The second-order valence-electron chi connectivity index (χ2n) is 4.61. The van der Waals surface area contributed by atoms with Crippen LogP contribution in [0.2, 0.25) is 0 Å². The lowest BCUT2D eigenvalue weighted by Gasteiger charge is -2.13. The molecular weight excluding hydrogens is 332 g/mol. The highest BCUT2D eigenvalue weighted by Gasteiger charge is 2.09. The first-order valence-corrected chi connectivity index (χ1v) is 7.40. The molecule has 0 aliphatic rings. The van der Waals surface area contributed by atoms with Crippen LogP contribution < -0.4 is 11.1 Å². The van der Waals surface area contributed by atoms with Crippen LogP contribution in [0.25, 0.3) is 0 Å². The summed E-state index contributed by atoms with van der Waals surface area (Å²) in [6.07, 6.45) is 0. The topological polar surface area (TPSA) is 64.3 Å². The summed E-state index contributed by atoms with van der Waals surface area (Å²) in [5, 5.41) is 3.27. The van der Waals surface area contributed by atoms with E-state index in [1.165, 1.54) is 0 Å². The normalized spacial score (nSPS) is 10.2. The van der Waals surface area contributed by atoms with E-state index in [-0.39, 0.29) is 5.97 Å². The van der Waals surface area contributed by atoms with Gasteiger partial charge in [-0.05, 0) is 55.8 Å². The van der Waals surface area contributed by atoms with Crippen molar-refractivity contribution in [3.8, 4) is 0 Å². The Morgan fingerprint density at radius 3 is 2.57 bits per heavy atom. The van der Waals surface area contributed by atoms with E-state index in [1.807, 2.05) is 25.1 Å². The van der Waals surface area contributed by atoms with Gasteiger partial charge >= 0.3 is 5.97 Å². The molecule has 0 spiro atoms. The van der Waals surface area contributed by atoms with Gasteiger partial charge in [-0.25, -0.2) is 4.79 Å². The molecule has 110 valence electrons. The molecule has 0 radical (unpaired) electrons. The molecule has 2 aromatic rings. The molecule has 0 saturated heterocycles. The number of hydrogen-bond donors (Lipinski definition) is 2. The zero-order chi connectivity index (χ0) is 15.4. The summed E-state index contributed by atoms with van der Waals surface area (Å²) < 4.78 is 5.98. The molecule has 0 fully saturated rings. The number of carbonyl (C=O) groups is 1. The van der Waals surface area contributed by atoms with Crippen molar-refractivity contribution in [2.24, 2.45) is 0 Å². The molecule has 0 amide bonds. The van der Waals surface area contributed by atoms with Crippen molar-refractivity contribution in [1.82, 2.24) is 0 Å². The molecule has 2 rings (SSSR count). The lowest BCUT2D eigenvalue weighted by molar-refractivity contribution is 0.0526. The van der Waals surface area contributed by atoms with Crippen molar-refractivity contribution in [3.05, 3.63) is 52.0 Å². The summed E-state index contributed by atoms with van der Waals surface area (Å²) in [7, 11) is 0. The molecule has 0 aromatic heterocycles. The van der Waals surface area contributed by atoms with Crippen LogP contribution in [0.3, 0.4) is 0 Å². The third-order valence-electron chi connectivity index (χ3n) is 3.02. The first kappa shape index (κ1) is 15.4. The van der Waals surface area contributed by atoms with E-state index < -0.39 is 0 Å². The Hall–Kier alpha value is -2.01. The van der Waals surface area contributed by atoms with Crippen molar-refractivity contribution >= 4 is 39.0 Å². The largest absolute Gasteiger partial charge is 0.462 e. The number of halogens is 1. The van der Waals surface area contributed by atoms with Crippen LogP contribution in [0.15, 0.2) is 40.9 Å². The first-order valence-electron chi connectivity index (χ1n) is 6.61. The maximum atomic E-state index is 11.7. The molecule has 0 atom stereocenters. The van der Waals surface area contributed by atoms with Gasteiger partial charge in [0.25, 0.3) is 0 Å². The second-order valence-corrected chi connectivity index (χ2v) is 5.52. The average Bonchev–Trinajstić information content (AvgIpc) is 2.44. The molecule has 0 heterocycles. The van der Waals surface area contributed by atoms with Crippen LogP contribution in [-0.2, 0) is 4.74 Å². The number of aryl methyl sites for hydroxylation is 1. The standard InChI is InChI=1S/C16H17BrN2O2/c1-3-21-16(20)11-4-6-15(13(18)9-11)19-14-7-5-12(17)8-10(14)2/h4-9,19H,3,18H2,1-2H3. The van der Waals surface area contributed by atoms with Gasteiger partial charge in [0.15, 0.2) is 0 Å². The lowest BCUT2D eigenvalue weighted by atomic mass is 10.1. The minimum absolute atomic E-state index is 0.344. The maximum Gasteiger partial charge on any atom is 0.338 e. The van der Waals surface area contributed by atoms with Gasteiger partial charge in [0.05, 0.1) is 23.5 Å². The smallest absolute Gasteiger partial charge is 0.338 e. The first-order chi connectivity index (χ1) is 10.0. The highest BCUT2D eigenvalue weighted by molar-refractivity contribution is 9.10. The van der Waals surface area contributed by atoms with Gasteiger partial charge < -0.3 is 15.8 Å². The predicted octanol–water partition coefficient (Wildman–Crippen LogP) is 4.26. The molecule has 0 unspecified atom stereocenters. The number of ether oxygens (including phenoxy) is 1. The van der Waals surface area contributed by atoms with Crippen molar-refractivity contribution in [1.29, 1.82) is 0 Å². The highest BCUT2D eigenvalue weighted by Crippen LogP contribution is 2.28. The molecule has 4 nitrogen and oxygen atoms in total. The Balaban J connectivity index is 2.23. The third-order valence-corrected chi connectivity index (χ3v) is 3.51. The van der Waals surface area contributed by atoms with Crippen LogP contribution >= 0.6 is 15.9 Å². The van der Waals surface area contributed by atoms with Crippen LogP contribution in [0.4, 0.5) is 17.1 Å². The van der Waals surface area contributed by atoms with Gasteiger partial charge in [0.2, 0.25) is 0 Å². The van der Waals surface area contributed by atoms with E-state index in [4.69, 9.17) is 10.5 Å². The fraction of sp³-hybridized carbons (Fsp3) is 0.188. The second kappa shape index (κ2) is 6.63. The van der Waals surface area contributed by atoms with Gasteiger partial charge in [0, 0.05) is 10.2 Å². The Kier molecular flexibility index (Phi) is 4.85. The fourth-order valence-corrected chi connectivity index (χ4v) is 2.41. The van der Waals surface area contributed by atoms with Crippen molar-refractivity contribution < 1.29 is 9.53 Å². The molecule has 3 N–H and O–H groups in total. The summed E-state index contributed by atoms with van der Waals surface area (Å²) >= 11 is 3.43. The van der Waals surface area contributed by atoms with Gasteiger partial charge in [-0.15, -0.1) is 0 Å². The minimum atomic E-state index is -0.365. The molecular formula is C16H17BrN2O2. The molecule has 21 heavy (non-hydrogen) atoms.